The number of methoxy groups -OCH3 is 1. The van der Waals surface area contributed by atoms with Gasteiger partial charge in [0.2, 0.25) is 5.91 Å². The van der Waals surface area contributed by atoms with Gasteiger partial charge in [0.25, 0.3) is 5.91 Å². The minimum atomic E-state index is -0.734. The van der Waals surface area contributed by atoms with Crippen LogP contribution in [0.4, 0.5) is 11.4 Å². The Morgan fingerprint density at radius 1 is 0.951 bits per heavy atom. The highest BCUT2D eigenvalue weighted by atomic mass is 32.1. The van der Waals surface area contributed by atoms with Gasteiger partial charge in [0.05, 0.1) is 31.4 Å². The van der Waals surface area contributed by atoms with Gasteiger partial charge < -0.3 is 29.5 Å². The van der Waals surface area contributed by atoms with Crippen LogP contribution in [0.15, 0.2) is 48.5 Å². The van der Waals surface area contributed by atoms with Crippen molar-refractivity contribution in [1.29, 1.82) is 0 Å². The van der Waals surface area contributed by atoms with E-state index in [9.17, 15) is 14.4 Å². The maximum Gasteiger partial charge on any atom is 0.338 e. The van der Waals surface area contributed by atoms with Crippen LogP contribution in [0.2, 0.25) is 0 Å². The van der Waals surface area contributed by atoms with Crippen LogP contribution < -0.4 is 15.0 Å². The topological polar surface area (TPSA) is 94.7 Å². The molecule has 2 amide bonds. The first-order valence-electron chi connectivity index (χ1n) is 14.1. The number of thiocarbonyl (C=S) groups is 1. The second-order valence-corrected chi connectivity index (χ2v) is 10.4. The quantitative estimate of drug-likeness (QED) is 0.300. The zero-order valence-corrected chi connectivity index (χ0v) is 24.8. The van der Waals surface area contributed by atoms with Crippen molar-refractivity contribution in [1.82, 2.24) is 14.7 Å². The summed E-state index contributed by atoms with van der Waals surface area (Å²) in [6.07, 6.45) is 0.767. The molecular formula is C30H39N5O5S. The van der Waals surface area contributed by atoms with Crippen molar-refractivity contribution in [3.8, 4) is 5.75 Å². The highest BCUT2D eigenvalue weighted by molar-refractivity contribution is 7.80. The Kier molecular flexibility index (Phi) is 10.7. The van der Waals surface area contributed by atoms with Gasteiger partial charge in [-0.05, 0) is 87.2 Å². The van der Waals surface area contributed by atoms with E-state index in [1.165, 1.54) is 4.90 Å². The van der Waals surface area contributed by atoms with Crippen molar-refractivity contribution >= 4 is 46.5 Å². The van der Waals surface area contributed by atoms with Crippen molar-refractivity contribution in [3.63, 3.8) is 0 Å². The van der Waals surface area contributed by atoms with Crippen LogP contribution in [0.25, 0.3) is 0 Å². The number of nitrogens with zero attached hydrogens (tertiary/aromatic N) is 4. The van der Waals surface area contributed by atoms with Gasteiger partial charge in [-0.15, -0.1) is 0 Å². The monoisotopic (exact) mass is 581 g/mol. The molecule has 2 aromatic carbocycles. The van der Waals surface area contributed by atoms with E-state index in [4.69, 9.17) is 21.7 Å². The number of hydrogen-bond acceptors (Lipinski definition) is 8. The largest absolute Gasteiger partial charge is 0.497 e. The predicted octanol–water partition coefficient (Wildman–Crippen LogP) is 3.23. The number of anilines is 2. The van der Waals surface area contributed by atoms with Crippen LogP contribution in [0, 0.1) is 0 Å². The summed E-state index contributed by atoms with van der Waals surface area (Å²) < 4.78 is 10.3. The molecule has 2 aliphatic heterocycles. The van der Waals surface area contributed by atoms with Crippen LogP contribution in [0.5, 0.6) is 5.75 Å². The zero-order valence-electron chi connectivity index (χ0n) is 24.0. The molecule has 0 spiro atoms. The lowest BCUT2D eigenvalue weighted by atomic mass is 10.1. The van der Waals surface area contributed by atoms with E-state index in [2.05, 4.69) is 22.0 Å². The minimum absolute atomic E-state index is 0.0441. The molecule has 0 aliphatic carbocycles. The van der Waals surface area contributed by atoms with Crippen molar-refractivity contribution in [2.24, 2.45) is 0 Å². The standard InChI is InChI=1S/C30H39N5O5S/c1-4-32-17-19-33(20-18-32)15-6-16-34-26(21-27(36)31-23-9-13-25(39-3)14-10-23)28(37)35(30(34)41)24-11-7-22(8-12-24)29(38)40-5-2/h7-14,26H,4-6,15-21H2,1-3H3,(H,31,36)/t26-/m0/s1. The maximum atomic E-state index is 13.7. The summed E-state index contributed by atoms with van der Waals surface area (Å²) in [5.74, 6) is -0.285. The Morgan fingerprint density at radius 2 is 1.61 bits per heavy atom. The van der Waals surface area contributed by atoms with Gasteiger partial charge >= 0.3 is 5.97 Å². The van der Waals surface area contributed by atoms with Gasteiger partial charge in [0.1, 0.15) is 11.8 Å². The molecule has 2 aromatic rings. The van der Waals surface area contributed by atoms with Crippen molar-refractivity contribution in [2.45, 2.75) is 32.7 Å². The summed E-state index contributed by atoms with van der Waals surface area (Å²) >= 11 is 5.81. The molecule has 1 atom stereocenters. The fraction of sp³-hybridized carbons (Fsp3) is 0.467. The molecule has 220 valence electrons. The molecule has 10 nitrogen and oxygen atoms in total. The first-order valence-corrected chi connectivity index (χ1v) is 14.6. The zero-order chi connectivity index (χ0) is 29.4. The lowest BCUT2D eigenvalue weighted by Crippen LogP contribution is -2.47. The molecule has 4 rings (SSSR count). The van der Waals surface area contributed by atoms with Gasteiger partial charge in [-0.1, -0.05) is 6.92 Å². The lowest BCUT2D eigenvalue weighted by Gasteiger charge is -2.34. The average molecular weight is 582 g/mol. The number of esters is 1. The molecule has 2 saturated heterocycles. The van der Waals surface area contributed by atoms with Gasteiger partial charge in [-0.3, -0.25) is 14.5 Å². The summed E-state index contributed by atoms with van der Waals surface area (Å²) in [6, 6.07) is 12.9. The maximum absolute atomic E-state index is 13.7. The highest BCUT2D eigenvalue weighted by Crippen LogP contribution is 2.28. The van der Waals surface area contributed by atoms with Gasteiger partial charge in [-0.2, -0.15) is 0 Å². The van der Waals surface area contributed by atoms with Crippen molar-refractivity contribution in [2.75, 3.05) is 69.7 Å². The van der Waals surface area contributed by atoms with Crippen LogP contribution in [0.1, 0.15) is 37.0 Å². The molecule has 0 bridgehead atoms. The third-order valence-electron chi connectivity index (χ3n) is 7.49. The number of carbonyl (C=O) groups is 3. The third kappa shape index (κ3) is 7.60. The van der Waals surface area contributed by atoms with Crippen LogP contribution in [-0.2, 0) is 14.3 Å². The second kappa shape index (κ2) is 14.4. The van der Waals surface area contributed by atoms with E-state index in [1.54, 1.807) is 62.6 Å². The molecule has 0 saturated carbocycles. The van der Waals surface area contributed by atoms with Gasteiger partial charge in [-0.25, -0.2) is 4.79 Å². The molecule has 11 heteroatoms. The number of likely N-dealkylation sites (N-methyl/N-ethyl adjacent to an activating group) is 1. The number of ether oxygens (including phenoxy) is 2. The molecule has 0 aromatic heterocycles. The van der Waals surface area contributed by atoms with E-state index in [0.717, 1.165) is 45.7 Å². The molecule has 1 N–H and O–H groups in total. The summed E-state index contributed by atoms with van der Waals surface area (Å²) in [5, 5.41) is 3.24. The molecule has 0 radical (unpaired) electrons. The normalized spacial score (nSPS) is 18.1. The molecule has 2 aliphatic rings. The Hall–Kier alpha value is -3.54. The van der Waals surface area contributed by atoms with E-state index in [0.29, 0.717) is 34.3 Å². The highest BCUT2D eigenvalue weighted by Gasteiger charge is 2.44. The number of rotatable bonds is 12. The number of carbonyl (C=O) groups excluding carboxylic acids is 3. The number of hydrogen-bond donors (Lipinski definition) is 1. The molecule has 2 heterocycles. The number of nitrogens with one attached hydrogen (secondary N) is 1. The SMILES string of the molecule is CCOC(=O)c1ccc(N2C(=O)[C@H](CC(=O)Nc3ccc(OC)cc3)N(CCCN3CCN(CC)CC3)C2=S)cc1. The number of benzene rings is 2. The lowest BCUT2D eigenvalue weighted by molar-refractivity contribution is -0.124. The van der Waals surface area contributed by atoms with E-state index < -0.39 is 12.0 Å². The van der Waals surface area contributed by atoms with Crippen LogP contribution in [-0.4, -0.2) is 103 Å². The van der Waals surface area contributed by atoms with Crippen molar-refractivity contribution in [3.05, 3.63) is 54.1 Å². The van der Waals surface area contributed by atoms with E-state index in [-0.39, 0.29) is 24.8 Å². The fourth-order valence-corrected chi connectivity index (χ4v) is 5.56. The Balaban J connectivity index is 1.47. The Bertz CT molecular complexity index is 1210. The first-order chi connectivity index (χ1) is 19.8. The summed E-state index contributed by atoms with van der Waals surface area (Å²) in [7, 11) is 1.58. The fourth-order valence-electron chi connectivity index (χ4n) is 5.14. The summed E-state index contributed by atoms with van der Waals surface area (Å²) in [6.45, 7) is 10.9. The van der Waals surface area contributed by atoms with E-state index in [1.807, 2.05) is 4.90 Å². The summed E-state index contributed by atoms with van der Waals surface area (Å²) in [5.41, 5.74) is 1.56. The third-order valence-corrected chi connectivity index (χ3v) is 7.91. The summed E-state index contributed by atoms with van der Waals surface area (Å²) in [4.78, 5) is 47.1. The van der Waals surface area contributed by atoms with Gasteiger partial charge in [0.15, 0.2) is 5.11 Å². The van der Waals surface area contributed by atoms with E-state index >= 15 is 0 Å². The van der Waals surface area contributed by atoms with Crippen LogP contribution >= 0.6 is 12.2 Å². The predicted molar refractivity (Wildman–Crippen MR) is 162 cm³/mol. The molecule has 2 fully saturated rings. The first kappa shape index (κ1) is 30.4. The second-order valence-electron chi connectivity index (χ2n) is 10.0. The van der Waals surface area contributed by atoms with Crippen molar-refractivity contribution < 1.29 is 23.9 Å². The number of piperazine rings is 1. The molecule has 41 heavy (non-hydrogen) atoms. The smallest absolute Gasteiger partial charge is 0.338 e. The number of amides is 2. The Morgan fingerprint density at radius 3 is 2.22 bits per heavy atom. The minimum Gasteiger partial charge on any atom is -0.497 e. The average Bonchev–Trinajstić information content (AvgIpc) is 3.21. The van der Waals surface area contributed by atoms with Crippen LogP contribution in [0.3, 0.4) is 0 Å². The molecule has 0 unspecified atom stereocenters. The Labute approximate surface area is 247 Å². The van der Waals surface area contributed by atoms with Gasteiger partial charge in [0, 0.05) is 38.4 Å². The molecular weight excluding hydrogens is 542 g/mol.